The average Bonchev–Trinajstić information content (AvgIpc) is 2.72. The molecule has 0 radical (unpaired) electrons. The lowest BCUT2D eigenvalue weighted by Crippen LogP contribution is -2.42. The summed E-state index contributed by atoms with van der Waals surface area (Å²) in [5.74, 6) is 0.503. The molecule has 132 valence electrons. The maximum absolute atomic E-state index is 12.8. The Morgan fingerprint density at radius 3 is 2.54 bits per heavy atom. The highest BCUT2D eigenvalue weighted by molar-refractivity contribution is 5.99. The van der Waals surface area contributed by atoms with Crippen molar-refractivity contribution in [2.75, 3.05) is 23.4 Å². The van der Waals surface area contributed by atoms with Crippen LogP contribution in [0.4, 0.5) is 11.4 Å². The lowest BCUT2D eigenvalue weighted by molar-refractivity contribution is -0.127. The zero-order valence-corrected chi connectivity index (χ0v) is 15.0. The third-order valence-electron chi connectivity index (χ3n) is 3.97. The Morgan fingerprint density at radius 2 is 1.96 bits per heavy atom. The summed E-state index contributed by atoms with van der Waals surface area (Å²) < 4.78 is 5.85. The summed E-state index contributed by atoms with van der Waals surface area (Å²) >= 11 is 0. The van der Waals surface area contributed by atoms with Crippen molar-refractivity contribution in [3.8, 4) is 24.0 Å². The van der Waals surface area contributed by atoms with Gasteiger partial charge in [0.05, 0.1) is 11.1 Å². The van der Waals surface area contributed by atoms with Crippen LogP contribution in [0.15, 0.2) is 29.5 Å². The molecular formula is C19H19N5O2. The largest absolute Gasteiger partial charge is 0.490 e. The Kier molecular flexibility index (Phi) is 5.50. The molecule has 1 N–H and O–H groups in total. The minimum Gasteiger partial charge on any atom is -0.490 e. The van der Waals surface area contributed by atoms with Crippen LogP contribution in [0.2, 0.25) is 0 Å². The predicted molar refractivity (Wildman–Crippen MR) is 95.8 cm³/mol. The van der Waals surface area contributed by atoms with E-state index in [1.807, 2.05) is 26.8 Å². The van der Waals surface area contributed by atoms with Crippen molar-refractivity contribution >= 4 is 17.3 Å². The number of hydrogen-bond donors (Lipinski definition) is 1. The topological polar surface area (TPSA) is 113 Å². The smallest absolute Gasteiger partial charge is 0.236 e. The second-order valence-corrected chi connectivity index (χ2v) is 6.52. The van der Waals surface area contributed by atoms with E-state index in [1.165, 1.54) is 0 Å². The van der Waals surface area contributed by atoms with Gasteiger partial charge in [-0.3, -0.25) is 4.79 Å². The van der Waals surface area contributed by atoms with Gasteiger partial charge in [0.2, 0.25) is 5.91 Å². The third kappa shape index (κ3) is 3.61. The van der Waals surface area contributed by atoms with Crippen LogP contribution in [0.1, 0.15) is 27.2 Å². The van der Waals surface area contributed by atoms with E-state index in [1.54, 1.807) is 35.2 Å². The number of rotatable bonds is 4. The molecule has 1 aliphatic heterocycles. The number of carbonyl (C=O) groups is 1. The number of nitrogens with zero attached hydrogens (tertiary/aromatic N) is 4. The van der Waals surface area contributed by atoms with Crippen molar-refractivity contribution in [1.29, 1.82) is 15.8 Å². The van der Waals surface area contributed by atoms with Crippen LogP contribution >= 0.6 is 0 Å². The number of benzene rings is 1. The van der Waals surface area contributed by atoms with Crippen molar-refractivity contribution in [3.05, 3.63) is 29.5 Å². The first-order valence-corrected chi connectivity index (χ1v) is 8.18. The fourth-order valence-electron chi connectivity index (χ4n) is 2.60. The molecule has 1 heterocycles. The normalized spacial score (nSPS) is 14.6. The van der Waals surface area contributed by atoms with Gasteiger partial charge in [-0.2, -0.15) is 15.8 Å². The summed E-state index contributed by atoms with van der Waals surface area (Å²) in [6.45, 7) is 6.47. The van der Waals surface area contributed by atoms with E-state index >= 15 is 0 Å². The van der Waals surface area contributed by atoms with E-state index in [0.29, 0.717) is 23.7 Å². The van der Waals surface area contributed by atoms with Crippen molar-refractivity contribution in [3.63, 3.8) is 0 Å². The van der Waals surface area contributed by atoms with Crippen molar-refractivity contribution in [2.24, 2.45) is 5.41 Å². The van der Waals surface area contributed by atoms with Gasteiger partial charge < -0.3 is 15.0 Å². The van der Waals surface area contributed by atoms with Crippen LogP contribution in [-0.4, -0.2) is 19.1 Å². The Labute approximate surface area is 152 Å². The SMILES string of the molecule is CCCN1C(=O)C(C)(C)COc2cc(NC(C#N)=C(C#N)C#N)ccc21. The van der Waals surface area contributed by atoms with Crippen molar-refractivity contribution in [2.45, 2.75) is 27.2 Å². The molecule has 0 spiro atoms. The van der Waals surface area contributed by atoms with Gasteiger partial charge in [0.25, 0.3) is 0 Å². The Morgan fingerprint density at radius 1 is 1.27 bits per heavy atom. The van der Waals surface area contributed by atoms with E-state index in [9.17, 15) is 4.79 Å². The first kappa shape index (κ1) is 18.8. The highest BCUT2D eigenvalue weighted by atomic mass is 16.5. The number of allylic oxidation sites excluding steroid dienone is 2. The van der Waals surface area contributed by atoms with Crippen LogP contribution in [0.3, 0.4) is 0 Å². The second-order valence-electron chi connectivity index (χ2n) is 6.52. The number of fused-ring (bicyclic) bond motifs is 1. The molecule has 0 saturated heterocycles. The highest BCUT2D eigenvalue weighted by Gasteiger charge is 2.37. The molecule has 0 saturated carbocycles. The monoisotopic (exact) mass is 349 g/mol. The number of nitrogens with one attached hydrogen (secondary N) is 1. The maximum Gasteiger partial charge on any atom is 0.236 e. The van der Waals surface area contributed by atoms with E-state index in [0.717, 1.165) is 6.42 Å². The lowest BCUT2D eigenvalue weighted by atomic mass is 9.93. The molecular weight excluding hydrogens is 330 g/mol. The van der Waals surface area contributed by atoms with Crippen LogP contribution in [0.5, 0.6) is 5.75 Å². The Hall–Kier alpha value is -3.50. The third-order valence-corrected chi connectivity index (χ3v) is 3.97. The second kappa shape index (κ2) is 7.59. The molecule has 0 unspecified atom stereocenters. The quantitative estimate of drug-likeness (QED) is 0.836. The summed E-state index contributed by atoms with van der Waals surface area (Å²) in [6.07, 6.45) is 0.802. The molecule has 0 bridgehead atoms. The molecule has 0 aromatic heterocycles. The van der Waals surface area contributed by atoms with Gasteiger partial charge in [-0.05, 0) is 32.4 Å². The van der Waals surface area contributed by atoms with Crippen LogP contribution in [0.25, 0.3) is 0 Å². The minimum atomic E-state index is -0.658. The molecule has 0 fully saturated rings. The van der Waals surface area contributed by atoms with Gasteiger partial charge >= 0.3 is 0 Å². The zero-order chi connectivity index (χ0) is 19.3. The number of carbonyl (C=O) groups excluding carboxylic acids is 1. The van der Waals surface area contributed by atoms with Gasteiger partial charge in [-0.25, -0.2) is 0 Å². The van der Waals surface area contributed by atoms with Gasteiger partial charge in [0.1, 0.15) is 36.3 Å². The first-order chi connectivity index (χ1) is 12.4. The summed E-state index contributed by atoms with van der Waals surface area (Å²) in [5, 5.41) is 29.8. The molecule has 2 rings (SSSR count). The van der Waals surface area contributed by atoms with E-state index in [-0.39, 0.29) is 23.8 Å². The molecule has 0 aliphatic carbocycles. The molecule has 7 heteroatoms. The zero-order valence-electron chi connectivity index (χ0n) is 15.0. The molecule has 1 aromatic rings. The summed E-state index contributed by atoms with van der Waals surface area (Å²) in [7, 11) is 0. The number of hydrogen-bond acceptors (Lipinski definition) is 6. The standard InChI is InChI=1S/C19H19N5O2/c1-4-7-24-16-6-5-14(23-15(11-22)13(9-20)10-21)8-17(16)26-12-19(2,3)18(24)25/h5-6,8,23H,4,7,12H2,1-3H3. The summed E-state index contributed by atoms with van der Waals surface area (Å²) in [4.78, 5) is 14.5. The molecule has 1 amide bonds. The van der Waals surface area contributed by atoms with Gasteiger partial charge in [0.15, 0.2) is 5.57 Å². The summed E-state index contributed by atoms with van der Waals surface area (Å²) in [6, 6.07) is 10.3. The molecule has 26 heavy (non-hydrogen) atoms. The van der Waals surface area contributed by atoms with Crippen LogP contribution in [0, 0.1) is 39.4 Å². The Bertz CT molecular complexity index is 865. The lowest BCUT2D eigenvalue weighted by Gasteiger charge is -2.27. The molecule has 7 nitrogen and oxygen atoms in total. The minimum absolute atomic E-state index is 0.00679. The van der Waals surface area contributed by atoms with Gasteiger partial charge in [-0.1, -0.05) is 6.92 Å². The van der Waals surface area contributed by atoms with Gasteiger partial charge in [0, 0.05) is 18.3 Å². The maximum atomic E-state index is 12.8. The van der Waals surface area contributed by atoms with Gasteiger partial charge in [-0.15, -0.1) is 0 Å². The van der Waals surface area contributed by atoms with E-state index in [4.69, 9.17) is 20.5 Å². The Balaban J connectivity index is 2.46. The van der Waals surface area contributed by atoms with Crippen molar-refractivity contribution < 1.29 is 9.53 Å². The fourth-order valence-corrected chi connectivity index (χ4v) is 2.60. The van der Waals surface area contributed by atoms with Crippen LogP contribution < -0.4 is 15.0 Å². The molecule has 1 aromatic carbocycles. The van der Waals surface area contributed by atoms with E-state index in [2.05, 4.69) is 5.32 Å². The number of ether oxygens (including phenoxy) is 1. The average molecular weight is 349 g/mol. The number of nitriles is 3. The summed E-state index contributed by atoms with van der Waals surface area (Å²) in [5.41, 5.74) is 0.0645. The number of amides is 1. The fraction of sp³-hybridized carbons (Fsp3) is 0.368. The first-order valence-electron chi connectivity index (χ1n) is 8.18. The predicted octanol–water partition coefficient (Wildman–Crippen LogP) is 3.08. The highest BCUT2D eigenvalue weighted by Crippen LogP contribution is 2.38. The van der Waals surface area contributed by atoms with E-state index < -0.39 is 5.41 Å². The van der Waals surface area contributed by atoms with Crippen LogP contribution in [-0.2, 0) is 4.79 Å². The van der Waals surface area contributed by atoms with Crippen molar-refractivity contribution in [1.82, 2.24) is 0 Å². The molecule has 0 atom stereocenters. The number of anilines is 2. The molecule has 1 aliphatic rings.